The molecule has 13 heavy (non-hydrogen) atoms. The third-order valence-corrected chi connectivity index (χ3v) is 1.52. The summed E-state index contributed by atoms with van der Waals surface area (Å²) in [5.74, 6) is -4.08. The Bertz CT molecular complexity index is 350. The number of phenolic OH excluding ortho intramolecular Hbond substituents is 1. The highest BCUT2D eigenvalue weighted by atomic mass is 19.2. The van der Waals surface area contributed by atoms with Crippen molar-refractivity contribution in [2.75, 3.05) is 7.11 Å². The molecule has 1 aromatic carbocycles. The maximum atomic E-state index is 12.8. The van der Waals surface area contributed by atoms with Gasteiger partial charge in [-0.3, -0.25) is 4.79 Å². The van der Waals surface area contributed by atoms with E-state index < -0.39 is 22.9 Å². The van der Waals surface area contributed by atoms with Crippen LogP contribution in [0, 0.1) is 11.6 Å². The van der Waals surface area contributed by atoms with Gasteiger partial charge in [0.1, 0.15) is 0 Å². The summed E-state index contributed by atoms with van der Waals surface area (Å²) < 4.78 is 30.0. The number of rotatable bonds is 2. The summed E-state index contributed by atoms with van der Waals surface area (Å²) in [7, 11) is 1.17. The summed E-state index contributed by atoms with van der Waals surface area (Å²) in [5.41, 5.74) is -0.493. The van der Waals surface area contributed by atoms with Crippen LogP contribution in [0.1, 0.15) is 10.4 Å². The topological polar surface area (TPSA) is 46.5 Å². The van der Waals surface area contributed by atoms with Gasteiger partial charge in [0.25, 0.3) is 0 Å². The fourth-order valence-corrected chi connectivity index (χ4v) is 0.853. The lowest BCUT2D eigenvalue weighted by Crippen LogP contribution is -1.96. The number of hydrogen-bond acceptors (Lipinski definition) is 3. The summed E-state index contributed by atoms with van der Waals surface area (Å²) in [4.78, 5) is 10.2. The van der Waals surface area contributed by atoms with Gasteiger partial charge in [0.15, 0.2) is 23.6 Å². The van der Waals surface area contributed by atoms with Gasteiger partial charge in [0.05, 0.1) is 12.7 Å². The molecule has 0 aromatic heterocycles. The number of hydrogen-bond donors (Lipinski definition) is 1. The lowest BCUT2D eigenvalue weighted by Gasteiger charge is -2.05. The molecule has 3 nitrogen and oxygen atoms in total. The van der Waals surface area contributed by atoms with E-state index in [9.17, 15) is 13.6 Å². The highest BCUT2D eigenvalue weighted by Crippen LogP contribution is 2.31. The fourth-order valence-electron chi connectivity index (χ4n) is 0.853. The van der Waals surface area contributed by atoms with Crippen molar-refractivity contribution in [2.45, 2.75) is 0 Å². The van der Waals surface area contributed by atoms with Gasteiger partial charge in [-0.1, -0.05) is 0 Å². The van der Waals surface area contributed by atoms with Crippen LogP contribution in [0.2, 0.25) is 0 Å². The summed E-state index contributed by atoms with van der Waals surface area (Å²) in [5, 5.41) is 8.94. The van der Waals surface area contributed by atoms with Crippen molar-refractivity contribution in [3.63, 3.8) is 0 Å². The second kappa shape index (κ2) is 3.38. The lowest BCUT2D eigenvalue weighted by molar-refractivity contribution is 0.111. The zero-order valence-corrected chi connectivity index (χ0v) is 6.67. The van der Waals surface area contributed by atoms with E-state index in [1.54, 1.807) is 0 Å². The van der Waals surface area contributed by atoms with Crippen LogP contribution in [0.3, 0.4) is 0 Å². The SMILES string of the molecule is COc1cc(C=O)c(F)c(F)c1O. The molecular formula is C8H6F2O3. The number of halogens is 2. The van der Waals surface area contributed by atoms with Crippen LogP contribution in [-0.4, -0.2) is 18.5 Å². The van der Waals surface area contributed by atoms with Crippen molar-refractivity contribution in [2.24, 2.45) is 0 Å². The molecule has 5 heteroatoms. The lowest BCUT2D eigenvalue weighted by atomic mass is 10.2. The second-order valence-corrected chi connectivity index (χ2v) is 2.26. The minimum atomic E-state index is -1.48. The van der Waals surface area contributed by atoms with Gasteiger partial charge in [-0.05, 0) is 6.07 Å². The van der Waals surface area contributed by atoms with Crippen molar-refractivity contribution in [3.8, 4) is 11.5 Å². The molecule has 70 valence electrons. The summed E-state index contributed by atoms with van der Waals surface area (Å²) in [6, 6.07) is 0.917. The molecular weight excluding hydrogens is 182 g/mol. The van der Waals surface area contributed by atoms with Crippen LogP contribution < -0.4 is 4.74 Å². The molecule has 0 atom stereocenters. The van der Waals surface area contributed by atoms with Gasteiger partial charge in [-0.2, -0.15) is 4.39 Å². The number of aromatic hydroxyl groups is 1. The van der Waals surface area contributed by atoms with Crippen LogP contribution in [0.4, 0.5) is 8.78 Å². The van der Waals surface area contributed by atoms with Gasteiger partial charge in [-0.25, -0.2) is 4.39 Å². The van der Waals surface area contributed by atoms with Crippen LogP contribution in [0.15, 0.2) is 6.07 Å². The molecule has 0 fully saturated rings. The molecule has 0 bridgehead atoms. The maximum Gasteiger partial charge on any atom is 0.205 e. The first-order valence-corrected chi connectivity index (χ1v) is 3.32. The Balaban J connectivity index is 3.45. The van der Waals surface area contributed by atoms with Crippen LogP contribution >= 0.6 is 0 Å². The molecule has 0 heterocycles. The van der Waals surface area contributed by atoms with Gasteiger partial charge in [0.2, 0.25) is 5.82 Å². The van der Waals surface area contributed by atoms with Gasteiger partial charge in [-0.15, -0.1) is 0 Å². The molecule has 1 aromatic rings. The maximum absolute atomic E-state index is 12.8. The first-order valence-electron chi connectivity index (χ1n) is 3.32. The molecule has 0 aliphatic heterocycles. The molecule has 0 radical (unpaired) electrons. The van der Waals surface area contributed by atoms with Crippen LogP contribution in [0.5, 0.6) is 11.5 Å². The molecule has 0 saturated heterocycles. The molecule has 0 aliphatic rings. The van der Waals surface area contributed by atoms with Crippen molar-refractivity contribution in [3.05, 3.63) is 23.3 Å². The number of methoxy groups -OCH3 is 1. The fraction of sp³-hybridized carbons (Fsp3) is 0.125. The second-order valence-electron chi connectivity index (χ2n) is 2.26. The van der Waals surface area contributed by atoms with Crippen molar-refractivity contribution >= 4 is 6.29 Å². The zero-order chi connectivity index (χ0) is 10.0. The van der Waals surface area contributed by atoms with E-state index in [1.807, 2.05) is 0 Å². The molecule has 0 spiro atoms. The zero-order valence-electron chi connectivity index (χ0n) is 6.67. The molecule has 0 saturated carbocycles. The standard InChI is InChI=1S/C8H6F2O3/c1-13-5-2-4(3-11)6(9)7(10)8(5)12/h2-3,12H,1H3. The third kappa shape index (κ3) is 1.44. The Morgan fingerprint density at radius 3 is 2.54 bits per heavy atom. The largest absolute Gasteiger partial charge is 0.502 e. The average molecular weight is 188 g/mol. The smallest absolute Gasteiger partial charge is 0.205 e. The van der Waals surface area contributed by atoms with Gasteiger partial charge >= 0.3 is 0 Å². The molecule has 0 aliphatic carbocycles. The van der Waals surface area contributed by atoms with Crippen molar-refractivity contribution < 1.29 is 23.4 Å². The van der Waals surface area contributed by atoms with Crippen LogP contribution in [-0.2, 0) is 0 Å². The highest BCUT2D eigenvalue weighted by molar-refractivity contribution is 5.77. The van der Waals surface area contributed by atoms with Crippen molar-refractivity contribution in [1.29, 1.82) is 0 Å². The number of aldehydes is 1. The van der Waals surface area contributed by atoms with E-state index in [1.165, 1.54) is 7.11 Å². The number of ether oxygens (including phenoxy) is 1. The Morgan fingerprint density at radius 1 is 1.46 bits per heavy atom. The van der Waals surface area contributed by atoms with E-state index in [-0.39, 0.29) is 12.0 Å². The molecule has 0 amide bonds. The summed E-state index contributed by atoms with van der Waals surface area (Å²) in [6.07, 6.45) is 0.139. The molecule has 1 rings (SSSR count). The number of phenols is 1. The Kier molecular flexibility index (Phi) is 2.46. The highest BCUT2D eigenvalue weighted by Gasteiger charge is 2.17. The minimum Gasteiger partial charge on any atom is -0.502 e. The number of carbonyl (C=O) groups excluding carboxylic acids is 1. The normalized spacial score (nSPS) is 9.77. The number of benzene rings is 1. The number of carbonyl (C=O) groups is 1. The average Bonchev–Trinajstić information content (AvgIpc) is 2.15. The predicted molar refractivity (Wildman–Crippen MR) is 40.0 cm³/mol. The Hall–Kier alpha value is -1.65. The van der Waals surface area contributed by atoms with Crippen molar-refractivity contribution in [1.82, 2.24) is 0 Å². The minimum absolute atomic E-state index is 0.139. The van der Waals surface area contributed by atoms with E-state index in [2.05, 4.69) is 4.74 Å². The van der Waals surface area contributed by atoms with Gasteiger partial charge in [0, 0.05) is 0 Å². The summed E-state index contributed by atoms with van der Waals surface area (Å²) in [6.45, 7) is 0. The summed E-state index contributed by atoms with van der Waals surface area (Å²) >= 11 is 0. The quantitative estimate of drug-likeness (QED) is 0.715. The van der Waals surface area contributed by atoms with E-state index >= 15 is 0 Å². The predicted octanol–water partition coefficient (Wildman–Crippen LogP) is 1.49. The van der Waals surface area contributed by atoms with E-state index in [4.69, 9.17) is 5.11 Å². The Morgan fingerprint density at radius 2 is 2.08 bits per heavy atom. The first-order chi connectivity index (χ1) is 6.11. The van der Waals surface area contributed by atoms with E-state index in [0.29, 0.717) is 0 Å². The Labute approximate surface area is 72.6 Å². The third-order valence-electron chi connectivity index (χ3n) is 1.52. The van der Waals surface area contributed by atoms with E-state index in [0.717, 1.165) is 6.07 Å². The first kappa shape index (κ1) is 9.44. The molecule has 0 unspecified atom stereocenters. The van der Waals surface area contributed by atoms with Gasteiger partial charge < -0.3 is 9.84 Å². The monoisotopic (exact) mass is 188 g/mol. The van der Waals surface area contributed by atoms with Crippen LogP contribution in [0.25, 0.3) is 0 Å². The molecule has 1 N–H and O–H groups in total.